The van der Waals surface area contributed by atoms with Crippen LogP contribution in [0.15, 0.2) is 18.3 Å². The molecule has 1 aromatic heterocycles. The van der Waals surface area contributed by atoms with Crippen molar-refractivity contribution in [3.05, 3.63) is 23.9 Å². The largest absolute Gasteiger partial charge is 0.476 e. The minimum Gasteiger partial charge on any atom is -0.476 e. The summed E-state index contributed by atoms with van der Waals surface area (Å²) < 4.78 is 49.7. The molecule has 8 heteroatoms. The second-order valence-electron chi connectivity index (χ2n) is 6.94. The van der Waals surface area contributed by atoms with E-state index in [1.807, 2.05) is 6.92 Å². The molecular formula is C17H23F3N2O3. The van der Waals surface area contributed by atoms with Gasteiger partial charge in [-0.25, -0.2) is 4.98 Å². The van der Waals surface area contributed by atoms with Crippen molar-refractivity contribution in [2.45, 2.75) is 39.5 Å². The van der Waals surface area contributed by atoms with E-state index in [0.29, 0.717) is 6.42 Å². The van der Waals surface area contributed by atoms with Gasteiger partial charge in [-0.1, -0.05) is 6.92 Å². The average Bonchev–Trinajstić information content (AvgIpc) is 2.54. The van der Waals surface area contributed by atoms with Crippen LogP contribution in [0.25, 0.3) is 0 Å². The molecule has 0 aromatic carbocycles. The van der Waals surface area contributed by atoms with Gasteiger partial charge in [0.2, 0.25) is 5.88 Å². The van der Waals surface area contributed by atoms with Crippen LogP contribution in [-0.2, 0) is 15.7 Å². The lowest BCUT2D eigenvalue weighted by atomic mass is 9.93. The lowest BCUT2D eigenvalue weighted by molar-refractivity contribution is -0.165. The Bertz CT molecular complexity index is 605. The fraction of sp³-hybridized carbons (Fsp3) is 0.647. The number of halogens is 3. The van der Waals surface area contributed by atoms with Crippen LogP contribution in [0, 0.1) is 11.3 Å². The summed E-state index contributed by atoms with van der Waals surface area (Å²) in [5.74, 6) is -0.844. The van der Waals surface area contributed by atoms with Gasteiger partial charge in [0.25, 0.3) is 0 Å². The molecule has 0 unspecified atom stereocenters. The summed E-state index contributed by atoms with van der Waals surface area (Å²) >= 11 is 0. The van der Waals surface area contributed by atoms with Crippen LogP contribution in [-0.4, -0.2) is 36.8 Å². The normalized spacial score (nSPS) is 21.7. The minimum absolute atomic E-state index is 0.182. The van der Waals surface area contributed by atoms with Gasteiger partial charge in [0.15, 0.2) is 0 Å². The first-order valence-corrected chi connectivity index (χ1v) is 8.18. The summed E-state index contributed by atoms with van der Waals surface area (Å²) in [5.41, 5.74) is -2.06. The zero-order valence-corrected chi connectivity index (χ0v) is 14.5. The fourth-order valence-electron chi connectivity index (χ4n) is 2.49. The SMILES string of the molecule is C[C@H]1CNCC[C@@H]1OC(=O)C(C)(C)COc1ncccc1C(F)(F)F. The lowest BCUT2D eigenvalue weighted by Crippen LogP contribution is -2.44. The van der Waals surface area contributed by atoms with Crippen LogP contribution in [0.4, 0.5) is 13.2 Å². The standard InChI is InChI=1S/C17H23F3N2O3/c1-11-9-21-8-6-13(11)25-15(23)16(2,3)10-24-14-12(17(18,19)20)5-4-7-22-14/h4-5,7,11,13,21H,6,8-10H2,1-3H3/t11-,13-/m0/s1. The Morgan fingerprint density at radius 1 is 1.40 bits per heavy atom. The van der Waals surface area contributed by atoms with E-state index in [4.69, 9.17) is 9.47 Å². The van der Waals surface area contributed by atoms with Crippen LogP contribution in [0.1, 0.15) is 32.8 Å². The van der Waals surface area contributed by atoms with E-state index >= 15 is 0 Å². The molecule has 1 saturated heterocycles. The van der Waals surface area contributed by atoms with Gasteiger partial charge in [-0.3, -0.25) is 4.79 Å². The van der Waals surface area contributed by atoms with Crippen LogP contribution >= 0.6 is 0 Å². The quantitative estimate of drug-likeness (QED) is 0.818. The number of alkyl halides is 3. The molecule has 5 nitrogen and oxygen atoms in total. The van der Waals surface area contributed by atoms with E-state index in [-0.39, 0.29) is 18.6 Å². The van der Waals surface area contributed by atoms with Crippen molar-refractivity contribution in [2.24, 2.45) is 11.3 Å². The van der Waals surface area contributed by atoms with Crippen molar-refractivity contribution >= 4 is 5.97 Å². The van der Waals surface area contributed by atoms with E-state index in [9.17, 15) is 18.0 Å². The van der Waals surface area contributed by atoms with Crippen molar-refractivity contribution in [1.29, 1.82) is 0 Å². The number of ether oxygens (including phenoxy) is 2. The summed E-state index contributed by atoms with van der Waals surface area (Å²) in [6, 6.07) is 2.08. The van der Waals surface area contributed by atoms with Gasteiger partial charge >= 0.3 is 12.1 Å². The molecule has 0 spiro atoms. The Hall–Kier alpha value is -1.83. The van der Waals surface area contributed by atoms with E-state index in [2.05, 4.69) is 10.3 Å². The van der Waals surface area contributed by atoms with Gasteiger partial charge < -0.3 is 14.8 Å². The van der Waals surface area contributed by atoms with Crippen LogP contribution in [0.5, 0.6) is 5.88 Å². The molecule has 0 bridgehead atoms. The second kappa shape index (κ2) is 7.59. The number of rotatable bonds is 5. The number of nitrogens with zero attached hydrogens (tertiary/aromatic N) is 1. The summed E-state index contributed by atoms with van der Waals surface area (Å²) in [7, 11) is 0. The summed E-state index contributed by atoms with van der Waals surface area (Å²) in [5, 5.41) is 3.21. The molecule has 140 valence electrons. The Morgan fingerprint density at radius 3 is 2.76 bits per heavy atom. The van der Waals surface area contributed by atoms with Gasteiger partial charge in [-0.2, -0.15) is 13.2 Å². The summed E-state index contributed by atoms with van der Waals surface area (Å²) in [6.07, 6.45) is -2.85. The zero-order chi connectivity index (χ0) is 18.7. The molecule has 1 aromatic rings. The van der Waals surface area contributed by atoms with Gasteiger partial charge in [-0.15, -0.1) is 0 Å². The van der Waals surface area contributed by atoms with Crippen molar-refractivity contribution in [2.75, 3.05) is 19.7 Å². The van der Waals surface area contributed by atoms with Crippen molar-refractivity contribution in [1.82, 2.24) is 10.3 Å². The van der Waals surface area contributed by atoms with Gasteiger partial charge in [-0.05, 0) is 38.9 Å². The molecule has 1 N–H and O–H groups in total. The smallest absolute Gasteiger partial charge is 0.421 e. The van der Waals surface area contributed by atoms with Crippen molar-refractivity contribution in [3.8, 4) is 5.88 Å². The number of carbonyl (C=O) groups is 1. The van der Waals surface area contributed by atoms with Gasteiger partial charge in [0, 0.05) is 18.7 Å². The van der Waals surface area contributed by atoms with Crippen LogP contribution < -0.4 is 10.1 Å². The van der Waals surface area contributed by atoms with E-state index in [0.717, 1.165) is 19.2 Å². The van der Waals surface area contributed by atoms with Crippen LogP contribution in [0.3, 0.4) is 0 Å². The number of hydrogen-bond acceptors (Lipinski definition) is 5. The molecule has 2 heterocycles. The molecule has 1 aliphatic heterocycles. The zero-order valence-electron chi connectivity index (χ0n) is 14.5. The number of aromatic nitrogens is 1. The third-order valence-corrected chi connectivity index (χ3v) is 4.16. The number of carbonyl (C=O) groups excluding carboxylic acids is 1. The molecule has 1 fully saturated rings. The highest BCUT2D eigenvalue weighted by atomic mass is 19.4. The Kier molecular flexibility index (Phi) is 5.92. The Balaban J connectivity index is 2.00. The average molecular weight is 360 g/mol. The maximum atomic E-state index is 13.0. The van der Waals surface area contributed by atoms with E-state index < -0.39 is 29.0 Å². The Morgan fingerprint density at radius 2 is 2.12 bits per heavy atom. The highest BCUT2D eigenvalue weighted by Gasteiger charge is 2.38. The molecule has 2 atom stereocenters. The van der Waals surface area contributed by atoms with E-state index in [1.54, 1.807) is 13.8 Å². The third kappa shape index (κ3) is 5.07. The fourth-order valence-corrected chi connectivity index (χ4v) is 2.49. The third-order valence-electron chi connectivity index (χ3n) is 4.16. The second-order valence-corrected chi connectivity index (χ2v) is 6.94. The predicted molar refractivity (Wildman–Crippen MR) is 85.0 cm³/mol. The number of piperidine rings is 1. The monoisotopic (exact) mass is 360 g/mol. The number of pyridine rings is 1. The highest BCUT2D eigenvalue weighted by Crippen LogP contribution is 2.35. The molecule has 0 saturated carbocycles. The molecular weight excluding hydrogens is 337 g/mol. The molecule has 0 aliphatic carbocycles. The molecule has 25 heavy (non-hydrogen) atoms. The van der Waals surface area contributed by atoms with Gasteiger partial charge in [0.1, 0.15) is 18.3 Å². The summed E-state index contributed by atoms with van der Waals surface area (Å²) in [6.45, 7) is 6.41. The van der Waals surface area contributed by atoms with E-state index in [1.165, 1.54) is 12.3 Å². The van der Waals surface area contributed by atoms with Crippen LogP contribution in [0.2, 0.25) is 0 Å². The maximum Gasteiger partial charge on any atom is 0.421 e. The van der Waals surface area contributed by atoms with Crippen molar-refractivity contribution < 1.29 is 27.4 Å². The maximum absolute atomic E-state index is 13.0. The number of nitrogens with one attached hydrogen (secondary N) is 1. The van der Waals surface area contributed by atoms with Gasteiger partial charge in [0.05, 0.1) is 5.41 Å². The molecule has 0 radical (unpaired) electrons. The minimum atomic E-state index is -4.57. The highest BCUT2D eigenvalue weighted by molar-refractivity contribution is 5.76. The molecule has 2 rings (SSSR count). The number of hydrogen-bond donors (Lipinski definition) is 1. The molecule has 1 aliphatic rings. The Labute approximate surface area is 144 Å². The lowest BCUT2D eigenvalue weighted by Gasteiger charge is -2.32. The first-order chi connectivity index (χ1) is 11.6. The first-order valence-electron chi connectivity index (χ1n) is 8.18. The first kappa shape index (κ1) is 19.5. The van der Waals surface area contributed by atoms with Crippen molar-refractivity contribution in [3.63, 3.8) is 0 Å². The topological polar surface area (TPSA) is 60.5 Å². The molecule has 0 amide bonds. The summed E-state index contributed by atoms with van der Waals surface area (Å²) in [4.78, 5) is 16.0. The predicted octanol–water partition coefficient (Wildman–Crippen LogP) is 3.05. The number of esters is 1.